The van der Waals surface area contributed by atoms with Crippen LogP contribution in [0.25, 0.3) is 0 Å². The predicted molar refractivity (Wildman–Crippen MR) is 110 cm³/mol. The van der Waals surface area contributed by atoms with Crippen LogP contribution in [0.2, 0.25) is 0 Å². The third-order valence-electron chi connectivity index (χ3n) is 5.20. The van der Waals surface area contributed by atoms with Crippen molar-refractivity contribution < 1.29 is 19.1 Å². The lowest BCUT2D eigenvalue weighted by atomic mass is 10.1. The molecule has 0 saturated carbocycles. The highest BCUT2D eigenvalue weighted by Crippen LogP contribution is 2.34. The van der Waals surface area contributed by atoms with E-state index in [-0.39, 0.29) is 12.8 Å². The van der Waals surface area contributed by atoms with Gasteiger partial charge in [-0.3, -0.25) is 14.5 Å². The van der Waals surface area contributed by atoms with Gasteiger partial charge in [0, 0.05) is 44.5 Å². The Kier molecular flexibility index (Phi) is 5.98. The van der Waals surface area contributed by atoms with Crippen molar-refractivity contribution in [2.75, 3.05) is 51.9 Å². The summed E-state index contributed by atoms with van der Waals surface area (Å²) < 4.78 is 10.5. The molecule has 2 aliphatic rings. The van der Waals surface area contributed by atoms with Crippen molar-refractivity contribution in [3.63, 3.8) is 0 Å². The van der Waals surface area contributed by atoms with E-state index < -0.39 is 11.8 Å². The molecule has 3 heterocycles. The Balaban J connectivity index is 1.35. The van der Waals surface area contributed by atoms with Crippen LogP contribution in [0.4, 0.5) is 5.69 Å². The van der Waals surface area contributed by atoms with Crippen molar-refractivity contribution in [1.29, 1.82) is 0 Å². The van der Waals surface area contributed by atoms with Crippen LogP contribution in [0.5, 0.6) is 11.5 Å². The minimum Gasteiger partial charge on any atom is -0.454 e. The topological polar surface area (TPSA) is 83.1 Å². The van der Waals surface area contributed by atoms with Gasteiger partial charge in [0.05, 0.1) is 6.04 Å². The Bertz CT molecular complexity index is 865. The molecule has 8 nitrogen and oxygen atoms in total. The normalized spacial score (nSPS) is 17.7. The number of amides is 2. The van der Waals surface area contributed by atoms with Gasteiger partial charge in [0.15, 0.2) is 11.5 Å². The van der Waals surface area contributed by atoms with Gasteiger partial charge < -0.3 is 25.0 Å². The van der Waals surface area contributed by atoms with Crippen LogP contribution >= 0.6 is 11.3 Å². The van der Waals surface area contributed by atoms with Crippen molar-refractivity contribution >= 4 is 28.8 Å². The van der Waals surface area contributed by atoms with Gasteiger partial charge in [0.25, 0.3) is 0 Å². The molecule has 1 aromatic heterocycles. The first-order chi connectivity index (χ1) is 14.1. The zero-order valence-corrected chi connectivity index (χ0v) is 17.0. The average Bonchev–Trinajstić information content (AvgIpc) is 3.41. The molecule has 1 atom stereocenters. The highest BCUT2D eigenvalue weighted by Gasteiger charge is 2.26. The van der Waals surface area contributed by atoms with E-state index in [1.54, 1.807) is 29.5 Å². The first-order valence-electron chi connectivity index (χ1n) is 9.53. The lowest BCUT2D eigenvalue weighted by molar-refractivity contribution is -0.136. The van der Waals surface area contributed by atoms with Crippen molar-refractivity contribution in [3.8, 4) is 11.5 Å². The second-order valence-electron chi connectivity index (χ2n) is 7.14. The van der Waals surface area contributed by atoms with Crippen LogP contribution in [0.3, 0.4) is 0 Å². The number of likely N-dealkylation sites (N-methyl/N-ethyl adjacent to an activating group) is 1. The Morgan fingerprint density at radius 2 is 1.90 bits per heavy atom. The minimum atomic E-state index is -0.702. The largest absolute Gasteiger partial charge is 0.454 e. The Morgan fingerprint density at radius 3 is 2.66 bits per heavy atom. The lowest BCUT2D eigenvalue weighted by Crippen LogP contribution is -2.49. The molecule has 0 bridgehead atoms. The maximum absolute atomic E-state index is 12.4. The number of benzene rings is 1. The number of nitrogens with zero attached hydrogens (tertiary/aromatic N) is 2. The lowest BCUT2D eigenvalue weighted by Gasteiger charge is -2.37. The van der Waals surface area contributed by atoms with Crippen molar-refractivity contribution in [3.05, 3.63) is 40.6 Å². The van der Waals surface area contributed by atoms with Crippen LogP contribution in [0.1, 0.15) is 11.6 Å². The SMILES string of the molecule is CN1CCN(C(CNC(=O)C(=O)Nc2ccc3c(c2)OCO3)c2ccsc2)CC1. The summed E-state index contributed by atoms with van der Waals surface area (Å²) in [4.78, 5) is 29.4. The third kappa shape index (κ3) is 4.69. The van der Waals surface area contributed by atoms with E-state index in [0.717, 1.165) is 31.7 Å². The Labute approximate surface area is 173 Å². The molecule has 2 aromatic rings. The Morgan fingerprint density at radius 1 is 1.10 bits per heavy atom. The number of nitrogens with one attached hydrogen (secondary N) is 2. The van der Waals surface area contributed by atoms with Gasteiger partial charge in [-0.25, -0.2) is 0 Å². The van der Waals surface area contributed by atoms with Crippen molar-refractivity contribution in [2.45, 2.75) is 6.04 Å². The number of ether oxygens (including phenoxy) is 2. The molecule has 1 unspecified atom stereocenters. The molecular weight excluding hydrogens is 392 g/mol. The van der Waals surface area contributed by atoms with E-state index >= 15 is 0 Å². The van der Waals surface area contributed by atoms with Crippen LogP contribution < -0.4 is 20.1 Å². The summed E-state index contributed by atoms with van der Waals surface area (Å²) in [5.74, 6) is -0.183. The second-order valence-corrected chi connectivity index (χ2v) is 7.92. The maximum atomic E-state index is 12.4. The van der Waals surface area contributed by atoms with E-state index in [0.29, 0.717) is 23.7 Å². The number of hydrogen-bond donors (Lipinski definition) is 2. The van der Waals surface area contributed by atoms with Gasteiger partial charge >= 0.3 is 11.8 Å². The van der Waals surface area contributed by atoms with Gasteiger partial charge in [0.2, 0.25) is 6.79 Å². The molecule has 4 rings (SSSR count). The number of fused-ring (bicyclic) bond motifs is 1. The molecule has 0 spiro atoms. The molecule has 154 valence electrons. The van der Waals surface area contributed by atoms with Gasteiger partial charge in [0.1, 0.15) is 0 Å². The summed E-state index contributed by atoms with van der Waals surface area (Å²) in [6.07, 6.45) is 0. The van der Waals surface area contributed by atoms with E-state index in [1.807, 2.05) is 5.38 Å². The molecule has 1 saturated heterocycles. The van der Waals surface area contributed by atoms with Crippen LogP contribution in [-0.4, -0.2) is 68.2 Å². The van der Waals surface area contributed by atoms with Crippen molar-refractivity contribution in [1.82, 2.24) is 15.1 Å². The summed E-state index contributed by atoms with van der Waals surface area (Å²) in [7, 11) is 2.11. The van der Waals surface area contributed by atoms with Gasteiger partial charge in [-0.2, -0.15) is 11.3 Å². The number of carbonyl (C=O) groups excluding carboxylic acids is 2. The molecule has 2 N–H and O–H groups in total. The first-order valence-corrected chi connectivity index (χ1v) is 10.5. The van der Waals surface area contributed by atoms with Crippen LogP contribution in [0.15, 0.2) is 35.0 Å². The summed E-state index contributed by atoms with van der Waals surface area (Å²) in [5, 5.41) is 9.54. The summed E-state index contributed by atoms with van der Waals surface area (Å²) in [6, 6.07) is 7.16. The van der Waals surface area contributed by atoms with Gasteiger partial charge in [-0.15, -0.1) is 0 Å². The van der Waals surface area contributed by atoms with Crippen LogP contribution in [0, 0.1) is 0 Å². The Hall–Kier alpha value is -2.62. The van der Waals surface area contributed by atoms with Gasteiger partial charge in [-0.1, -0.05) is 0 Å². The third-order valence-corrected chi connectivity index (χ3v) is 5.90. The number of rotatable bonds is 5. The maximum Gasteiger partial charge on any atom is 0.313 e. The molecule has 0 radical (unpaired) electrons. The molecule has 29 heavy (non-hydrogen) atoms. The smallest absolute Gasteiger partial charge is 0.313 e. The summed E-state index contributed by atoms with van der Waals surface area (Å²) in [6.45, 7) is 4.36. The van der Waals surface area contributed by atoms with Gasteiger partial charge in [-0.05, 0) is 41.6 Å². The standard InChI is InChI=1S/C20H24N4O4S/c1-23-5-7-24(8-6-23)16(14-4-9-29-12-14)11-21-19(25)20(26)22-15-2-3-17-18(10-15)28-13-27-17/h2-4,9-10,12,16H,5-8,11,13H2,1H3,(H,21,25)(H,22,26). The molecule has 0 aliphatic carbocycles. The summed E-state index contributed by atoms with van der Waals surface area (Å²) in [5.41, 5.74) is 1.65. The van der Waals surface area contributed by atoms with E-state index in [4.69, 9.17) is 9.47 Å². The van der Waals surface area contributed by atoms with E-state index in [1.165, 1.54) is 0 Å². The van der Waals surface area contributed by atoms with E-state index in [2.05, 4.69) is 38.9 Å². The monoisotopic (exact) mass is 416 g/mol. The number of piperazine rings is 1. The number of anilines is 1. The van der Waals surface area contributed by atoms with Crippen LogP contribution in [-0.2, 0) is 9.59 Å². The quantitative estimate of drug-likeness (QED) is 0.720. The zero-order chi connectivity index (χ0) is 20.2. The highest BCUT2D eigenvalue weighted by atomic mass is 32.1. The zero-order valence-electron chi connectivity index (χ0n) is 16.2. The molecular formula is C20H24N4O4S. The molecule has 1 fully saturated rings. The molecule has 1 aromatic carbocycles. The fourth-order valence-corrected chi connectivity index (χ4v) is 4.19. The minimum absolute atomic E-state index is 0.0530. The molecule has 2 aliphatic heterocycles. The first kappa shape index (κ1) is 19.7. The van der Waals surface area contributed by atoms with E-state index in [9.17, 15) is 9.59 Å². The second kappa shape index (κ2) is 8.81. The number of carbonyl (C=O) groups is 2. The fourth-order valence-electron chi connectivity index (χ4n) is 3.49. The fraction of sp³-hybridized carbons (Fsp3) is 0.400. The molecule has 2 amide bonds. The summed E-state index contributed by atoms with van der Waals surface area (Å²) >= 11 is 1.63. The number of hydrogen-bond acceptors (Lipinski definition) is 7. The predicted octanol–water partition coefficient (Wildman–Crippen LogP) is 1.52. The highest BCUT2D eigenvalue weighted by molar-refractivity contribution is 7.08. The van der Waals surface area contributed by atoms with Crippen molar-refractivity contribution in [2.24, 2.45) is 0 Å². The number of thiophene rings is 1. The molecule has 9 heteroatoms. The average molecular weight is 417 g/mol.